The molecule has 0 aliphatic carbocycles. The van der Waals surface area contributed by atoms with Crippen LogP contribution in [0.4, 0.5) is 5.69 Å². The van der Waals surface area contributed by atoms with Gasteiger partial charge in [0.1, 0.15) is 5.75 Å². The van der Waals surface area contributed by atoms with Crippen molar-refractivity contribution >= 4 is 50.5 Å². The lowest BCUT2D eigenvalue weighted by atomic mass is 10.1. The van der Waals surface area contributed by atoms with Crippen LogP contribution in [0.5, 0.6) is 5.75 Å². The van der Waals surface area contributed by atoms with Gasteiger partial charge in [0.2, 0.25) is 0 Å². The number of rotatable bonds is 2. The van der Waals surface area contributed by atoms with Crippen LogP contribution in [0.2, 0.25) is 0 Å². The van der Waals surface area contributed by atoms with E-state index in [1.54, 1.807) is 24.3 Å². The van der Waals surface area contributed by atoms with Gasteiger partial charge in [0.05, 0.1) is 10.6 Å². The molecule has 24 heavy (non-hydrogen) atoms. The number of carbonyl (C=O) groups excluding carboxylic acids is 1. The zero-order valence-corrected chi connectivity index (χ0v) is 15.5. The molecule has 0 bridgehead atoms. The first-order valence-electron chi connectivity index (χ1n) is 7.28. The maximum atomic E-state index is 12.1. The Morgan fingerprint density at radius 3 is 2.54 bits per heavy atom. The van der Waals surface area contributed by atoms with Crippen molar-refractivity contribution in [2.24, 2.45) is 4.99 Å². The number of thioether (sulfide) groups is 1. The van der Waals surface area contributed by atoms with Gasteiger partial charge < -0.3 is 10.4 Å². The molecule has 3 rings (SSSR count). The van der Waals surface area contributed by atoms with E-state index < -0.39 is 0 Å². The van der Waals surface area contributed by atoms with Crippen LogP contribution >= 0.6 is 27.7 Å². The number of aromatic hydroxyl groups is 1. The van der Waals surface area contributed by atoms with Crippen LogP contribution in [-0.4, -0.2) is 16.2 Å². The average molecular weight is 403 g/mol. The highest BCUT2D eigenvalue weighted by atomic mass is 79.9. The highest BCUT2D eigenvalue weighted by molar-refractivity contribution is 9.10. The second-order valence-corrected chi connectivity index (χ2v) is 7.26. The minimum atomic E-state index is -0.215. The lowest BCUT2D eigenvalue weighted by Gasteiger charge is -2.04. The number of amides is 1. The number of carbonyl (C=O) groups is 1. The van der Waals surface area contributed by atoms with E-state index in [1.165, 1.54) is 11.8 Å². The van der Waals surface area contributed by atoms with E-state index in [0.717, 1.165) is 21.3 Å². The molecular formula is C18H15BrN2O2S. The van der Waals surface area contributed by atoms with Crippen molar-refractivity contribution in [3.8, 4) is 5.75 Å². The number of amidine groups is 1. The van der Waals surface area contributed by atoms with Gasteiger partial charge in [0.15, 0.2) is 5.17 Å². The van der Waals surface area contributed by atoms with Gasteiger partial charge in [-0.2, -0.15) is 0 Å². The van der Waals surface area contributed by atoms with Crippen molar-refractivity contribution in [3.05, 3.63) is 62.5 Å². The van der Waals surface area contributed by atoms with Gasteiger partial charge in [0.25, 0.3) is 5.91 Å². The molecule has 1 fully saturated rings. The van der Waals surface area contributed by atoms with E-state index in [0.29, 0.717) is 15.6 Å². The summed E-state index contributed by atoms with van der Waals surface area (Å²) in [5.41, 5.74) is 3.58. The molecule has 1 saturated heterocycles. The summed E-state index contributed by atoms with van der Waals surface area (Å²) in [6.07, 6.45) is 1.66. The van der Waals surface area contributed by atoms with Gasteiger partial charge >= 0.3 is 0 Å². The predicted molar refractivity (Wildman–Crippen MR) is 103 cm³/mol. The van der Waals surface area contributed by atoms with Crippen LogP contribution in [0.3, 0.4) is 0 Å². The standard InChI is InChI=1S/C18H15BrN2O2S/c1-10-7-13(8-11(2)16(10)19)20-18-21-17(23)15(24-18)9-12-5-3-4-6-14(12)22/h3-9,22H,1-2H3,(H,20,21,23)/b15-9-. The van der Waals surface area contributed by atoms with Crippen LogP contribution in [0.25, 0.3) is 6.08 Å². The summed E-state index contributed by atoms with van der Waals surface area (Å²) in [5.74, 6) is -0.0736. The molecule has 1 aliphatic rings. The van der Waals surface area contributed by atoms with Crippen molar-refractivity contribution < 1.29 is 9.90 Å². The number of aliphatic imine (C=N–C) groups is 1. The van der Waals surface area contributed by atoms with Crippen LogP contribution in [-0.2, 0) is 4.79 Å². The van der Waals surface area contributed by atoms with Gasteiger partial charge in [0, 0.05) is 10.0 Å². The molecule has 6 heteroatoms. The number of hydrogen-bond donors (Lipinski definition) is 2. The molecule has 122 valence electrons. The summed E-state index contributed by atoms with van der Waals surface area (Å²) in [6, 6.07) is 10.8. The topological polar surface area (TPSA) is 61.7 Å². The predicted octanol–water partition coefficient (Wildman–Crippen LogP) is 4.66. The molecule has 1 heterocycles. The van der Waals surface area contributed by atoms with Crippen LogP contribution in [0, 0.1) is 13.8 Å². The van der Waals surface area contributed by atoms with Gasteiger partial charge in [-0.15, -0.1) is 0 Å². The highest BCUT2D eigenvalue weighted by Gasteiger charge is 2.24. The van der Waals surface area contributed by atoms with E-state index in [9.17, 15) is 9.90 Å². The van der Waals surface area contributed by atoms with Crippen molar-refractivity contribution in [1.29, 1.82) is 0 Å². The summed E-state index contributed by atoms with van der Waals surface area (Å²) >= 11 is 4.79. The fourth-order valence-corrected chi connectivity index (χ4v) is 3.40. The molecule has 0 unspecified atom stereocenters. The van der Waals surface area contributed by atoms with E-state index in [-0.39, 0.29) is 11.7 Å². The van der Waals surface area contributed by atoms with Crippen LogP contribution in [0.15, 0.2) is 50.8 Å². The van der Waals surface area contributed by atoms with E-state index >= 15 is 0 Å². The molecule has 2 aromatic carbocycles. The number of hydrogen-bond acceptors (Lipinski definition) is 4. The molecule has 2 aromatic rings. The average Bonchev–Trinajstić information content (AvgIpc) is 2.86. The van der Waals surface area contributed by atoms with Gasteiger partial charge in [-0.25, -0.2) is 4.99 Å². The lowest BCUT2D eigenvalue weighted by molar-refractivity contribution is -0.115. The minimum absolute atomic E-state index is 0.142. The molecule has 4 nitrogen and oxygen atoms in total. The molecule has 0 spiro atoms. The Morgan fingerprint density at radius 2 is 1.88 bits per heavy atom. The second-order valence-electron chi connectivity index (χ2n) is 5.43. The molecular weight excluding hydrogens is 388 g/mol. The summed E-state index contributed by atoms with van der Waals surface area (Å²) in [5, 5.41) is 13.1. The Hall–Kier alpha value is -2.05. The minimum Gasteiger partial charge on any atom is -0.507 e. The molecule has 2 N–H and O–H groups in total. The van der Waals surface area contributed by atoms with Gasteiger partial charge in [-0.3, -0.25) is 4.79 Å². The number of phenolic OH excluding ortho intramolecular Hbond substituents is 1. The Bertz CT molecular complexity index is 867. The van der Waals surface area contributed by atoms with Crippen molar-refractivity contribution in [2.45, 2.75) is 13.8 Å². The smallest absolute Gasteiger partial charge is 0.264 e. The van der Waals surface area contributed by atoms with Crippen molar-refractivity contribution in [1.82, 2.24) is 5.32 Å². The quantitative estimate of drug-likeness (QED) is 0.717. The zero-order chi connectivity index (χ0) is 17.3. The third kappa shape index (κ3) is 3.55. The van der Waals surface area contributed by atoms with Crippen molar-refractivity contribution in [2.75, 3.05) is 0 Å². The molecule has 0 saturated carbocycles. The zero-order valence-electron chi connectivity index (χ0n) is 13.1. The first-order chi connectivity index (χ1) is 11.4. The number of halogens is 1. The third-order valence-electron chi connectivity index (χ3n) is 3.53. The van der Waals surface area contributed by atoms with Crippen LogP contribution in [0.1, 0.15) is 16.7 Å². The Labute approximate surface area is 152 Å². The maximum absolute atomic E-state index is 12.1. The summed E-state index contributed by atoms with van der Waals surface area (Å²) in [6.45, 7) is 4.01. The normalized spacial score (nSPS) is 17.5. The fraction of sp³-hybridized carbons (Fsp3) is 0.111. The molecule has 1 amide bonds. The maximum Gasteiger partial charge on any atom is 0.264 e. The van der Waals surface area contributed by atoms with E-state index in [2.05, 4.69) is 26.2 Å². The fourth-order valence-electron chi connectivity index (χ4n) is 2.34. The monoisotopic (exact) mass is 402 g/mol. The first-order valence-corrected chi connectivity index (χ1v) is 8.89. The Balaban J connectivity index is 1.89. The molecule has 0 atom stereocenters. The lowest BCUT2D eigenvalue weighted by Crippen LogP contribution is -2.19. The third-order valence-corrected chi connectivity index (χ3v) is 5.69. The number of para-hydroxylation sites is 1. The SMILES string of the molecule is Cc1cc(N=C2NC(=O)/C(=C/c3ccccc3O)S2)cc(C)c1Br. The first kappa shape index (κ1) is 16.8. The summed E-state index contributed by atoms with van der Waals surface area (Å²) in [7, 11) is 0. The van der Waals surface area contributed by atoms with Gasteiger partial charge in [-0.1, -0.05) is 34.1 Å². The Morgan fingerprint density at radius 1 is 1.21 bits per heavy atom. The number of nitrogens with zero attached hydrogens (tertiary/aromatic N) is 1. The van der Waals surface area contributed by atoms with Crippen molar-refractivity contribution in [3.63, 3.8) is 0 Å². The van der Waals surface area contributed by atoms with E-state index in [1.807, 2.05) is 32.0 Å². The highest BCUT2D eigenvalue weighted by Crippen LogP contribution is 2.32. The number of nitrogens with one attached hydrogen (secondary N) is 1. The largest absolute Gasteiger partial charge is 0.507 e. The molecule has 0 aromatic heterocycles. The summed E-state index contributed by atoms with van der Waals surface area (Å²) < 4.78 is 1.06. The number of phenols is 1. The van der Waals surface area contributed by atoms with Gasteiger partial charge in [-0.05, 0) is 61.0 Å². The molecule has 0 radical (unpaired) electrons. The molecule has 1 aliphatic heterocycles. The summed E-state index contributed by atoms with van der Waals surface area (Å²) in [4.78, 5) is 17.1. The second kappa shape index (κ2) is 6.83. The number of benzene rings is 2. The van der Waals surface area contributed by atoms with E-state index in [4.69, 9.17) is 0 Å². The van der Waals surface area contributed by atoms with Crippen LogP contribution < -0.4 is 5.32 Å². The Kier molecular flexibility index (Phi) is 4.78. The number of aryl methyl sites for hydroxylation is 2.